The molecule has 0 aliphatic carbocycles. The van der Waals surface area contributed by atoms with Crippen LogP contribution in [-0.4, -0.2) is 37.4 Å². The van der Waals surface area contributed by atoms with Gasteiger partial charge in [0.15, 0.2) is 0 Å². The van der Waals surface area contributed by atoms with Crippen LogP contribution < -0.4 is 10.5 Å². The van der Waals surface area contributed by atoms with Crippen molar-refractivity contribution in [3.8, 4) is 5.75 Å². The van der Waals surface area contributed by atoms with Crippen molar-refractivity contribution in [2.45, 2.75) is 32.8 Å². The van der Waals surface area contributed by atoms with E-state index in [1.54, 1.807) is 12.1 Å². The largest absolute Gasteiger partial charge is 0.486 e. The van der Waals surface area contributed by atoms with Gasteiger partial charge in [0.25, 0.3) is 0 Å². The van der Waals surface area contributed by atoms with Crippen LogP contribution in [0.25, 0.3) is 0 Å². The molecule has 0 aliphatic heterocycles. The lowest BCUT2D eigenvalue weighted by Crippen LogP contribution is -2.32. The molecular weight excluding hydrogens is 324 g/mol. The van der Waals surface area contributed by atoms with Gasteiger partial charge in [0.2, 0.25) is 0 Å². The number of benzene rings is 2. The number of rotatable bonds is 11. The first kappa shape index (κ1) is 20.1. The van der Waals surface area contributed by atoms with Gasteiger partial charge in [0, 0.05) is 31.6 Å². The third-order valence-electron chi connectivity index (χ3n) is 4.44. The Morgan fingerprint density at radius 1 is 1.04 bits per heavy atom. The standard InChI is InChI=1S/C22H30N2O2/c1-3-14-24(16-13-23)15-12-22(20-8-4-18(2)5-9-20)26-21-10-6-19(17-25)7-11-21/h4-11,17,22H,3,12-16,23H2,1-2H3. The summed E-state index contributed by atoms with van der Waals surface area (Å²) in [6.07, 6.45) is 2.81. The first-order valence-electron chi connectivity index (χ1n) is 9.37. The van der Waals surface area contributed by atoms with Crippen LogP contribution in [0.2, 0.25) is 0 Å². The number of ether oxygens (including phenoxy) is 1. The highest BCUT2D eigenvalue weighted by molar-refractivity contribution is 5.74. The van der Waals surface area contributed by atoms with Gasteiger partial charge in [-0.25, -0.2) is 0 Å². The molecule has 4 heteroatoms. The van der Waals surface area contributed by atoms with E-state index in [0.717, 1.165) is 44.5 Å². The molecule has 0 spiro atoms. The third kappa shape index (κ3) is 6.28. The zero-order chi connectivity index (χ0) is 18.8. The zero-order valence-electron chi connectivity index (χ0n) is 15.9. The van der Waals surface area contributed by atoms with Crippen molar-refractivity contribution in [1.29, 1.82) is 0 Å². The van der Waals surface area contributed by atoms with E-state index in [1.807, 2.05) is 12.1 Å². The maximum atomic E-state index is 10.8. The molecule has 2 aromatic carbocycles. The van der Waals surface area contributed by atoms with E-state index in [2.05, 4.69) is 43.0 Å². The predicted molar refractivity (Wildman–Crippen MR) is 107 cm³/mol. The van der Waals surface area contributed by atoms with Crippen LogP contribution in [0.3, 0.4) is 0 Å². The zero-order valence-corrected chi connectivity index (χ0v) is 15.9. The normalized spacial score (nSPS) is 12.2. The summed E-state index contributed by atoms with van der Waals surface area (Å²) in [6, 6.07) is 15.8. The fraction of sp³-hybridized carbons (Fsp3) is 0.409. The van der Waals surface area contributed by atoms with Gasteiger partial charge < -0.3 is 15.4 Å². The molecule has 0 aromatic heterocycles. The molecule has 0 aliphatic rings. The Morgan fingerprint density at radius 2 is 1.73 bits per heavy atom. The molecule has 0 saturated heterocycles. The van der Waals surface area contributed by atoms with Crippen LogP contribution in [0, 0.1) is 6.92 Å². The minimum atomic E-state index is -0.0326. The Kier molecular flexibility index (Phi) is 8.32. The van der Waals surface area contributed by atoms with E-state index in [4.69, 9.17) is 10.5 Å². The van der Waals surface area contributed by atoms with Gasteiger partial charge >= 0.3 is 0 Å². The summed E-state index contributed by atoms with van der Waals surface area (Å²) < 4.78 is 6.27. The molecule has 0 fully saturated rings. The maximum Gasteiger partial charge on any atom is 0.150 e. The summed E-state index contributed by atoms with van der Waals surface area (Å²) in [6.45, 7) is 7.83. The van der Waals surface area contributed by atoms with Gasteiger partial charge in [-0.05, 0) is 49.7 Å². The molecule has 4 nitrogen and oxygen atoms in total. The molecule has 0 saturated carbocycles. The van der Waals surface area contributed by atoms with Crippen molar-refractivity contribution < 1.29 is 9.53 Å². The molecule has 2 N–H and O–H groups in total. The predicted octanol–water partition coefficient (Wildman–Crippen LogP) is 3.99. The van der Waals surface area contributed by atoms with Crippen molar-refractivity contribution in [3.05, 3.63) is 65.2 Å². The number of carbonyl (C=O) groups excluding carboxylic acids is 1. The Bertz CT molecular complexity index is 647. The van der Waals surface area contributed by atoms with E-state index >= 15 is 0 Å². The third-order valence-corrected chi connectivity index (χ3v) is 4.44. The maximum absolute atomic E-state index is 10.8. The van der Waals surface area contributed by atoms with Crippen molar-refractivity contribution >= 4 is 6.29 Å². The minimum absolute atomic E-state index is 0.0326. The Labute approximate surface area is 157 Å². The lowest BCUT2D eigenvalue weighted by molar-refractivity contribution is 0.112. The Hall–Kier alpha value is -2.17. The quantitative estimate of drug-likeness (QED) is 0.620. The fourth-order valence-corrected chi connectivity index (χ4v) is 3.00. The van der Waals surface area contributed by atoms with Crippen LogP contribution in [0.5, 0.6) is 5.75 Å². The van der Waals surface area contributed by atoms with E-state index in [0.29, 0.717) is 12.1 Å². The second-order valence-electron chi connectivity index (χ2n) is 6.62. The van der Waals surface area contributed by atoms with E-state index < -0.39 is 0 Å². The molecule has 0 radical (unpaired) electrons. The molecule has 0 bridgehead atoms. The molecule has 0 heterocycles. The van der Waals surface area contributed by atoms with Gasteiger partial charge in [0.1, 0.15) is 18.1 Å². The molecule has 2 aromatic rings. The Morgan fingerprint density at radius 3 is 2.31 bits per heavy atom. The topological polar surface area (TPSA) is 55.6 Å². The lowest BCUT2D eigenvalue weighted by atomic mass is 10.0. The molecule has 1 atom stereocenters. The second-order valence-corrected chi connectivity index (χ2v) is 6.62. The average molecular weight is 354 g/mol. The smallest absolute Gasteiger partial charge is 0.150 e. The summed E-state index contributed by atoms with van der Waals surface area (Å²) in [7, 11) is 0. The van der Waals surface area contributed by atoms with Gasteiger partial charge in [0.05, 0.1) is 0 Å². The van der Waals surface area contributed by atoms with Gasteiger partial charge in [-0.2, -0.15) is 0 Å². The van der Waals surface area contributed by atoms with Crippen molar-refractivity contribution in [2.75, 3.05) is 26.2 Å². The summed E-state index contributed by atoms with van der Waals surface area (Å²) in [4.78, 5) is 13.2. The molecular formula is C22H30N2O2. The fourth-order valence-electron chi connectivity index (χ4n) is 3.00. The summed E-state index contributed by atoms with van der Waals surface area (Å²) in [5, 5.41) is 0. The monoisotopic (exact) mass is 354 g/mol. The number of hydrogen-bond acceptors (Lipinski definition) is 4. The van der Waals surface area contributed by atoms with E-state index in [-0.39, 0.29) is 6.10 Å². The van der Waals surface area contributed by atoms with Crippen molar-refractivity contribution in [2.24, 2.45) is 5.73 Å². The van der Waals surface area contributed by atoms with Crippen molar-refractivity contribution in [3.63, 3.8) is 0 Å². The highest BCUT2D eigenvalue weighted by Crippen LogP contribution is 2.26. The molecule has 26 heavy (non-hydrogen) atoms. The average Bonchev–Trinajstić information content (AvgIpc) is 2.66. The van der Waals surface area contributed by atoms with Crippen LogP contribution in [0.4, 0.5) is 0 Å². The summed E-state index contributed by atoms with van der Waals surface area (Å²) >= 11 is 0. The van der Waals surface area contributed by atoms with Crippen molar-refractivity contribution in [1.82, 2.24) is 4.90 Å². The van der Waals surface area contributed by atoms with Crippen LogP contribution in [0.1, 0.15) is 47.4 Å². The number of aldehydes is 1. The van der Waals surface area contributed by atoms with Gasteiger partial charge in [-0.3, -0.25) is 4.79 Å². The number of nitrogens with two attached hydrogens (primary N) is 1. The molecule has 0 amide bonds. The molecule has 2 rings (SSSR count). The van der Waals surface area contributed by atoms with E-state index in [9.17, 15) is 4.79 Å². The number of hydrogen-bond donors (Lipinski definition) is 1. The van der Waals surface area contributed by atoms with Crippen LogP contribution in [-0.2, 0) is 0 Å². The molecule has 140 valence electrons. The number of aryl methyl sites for hydroxylation is 1. The minimum Gasteiger partial charge on any atom is -0.486 e. The molecule has 1 unspecified atom stereocenters. The SMILES string of the molecule is CCCN(CCN)CCC(Oc1ccc(C=O)cc1)c1ccc(C)cc1. The van der Waals surface area contributed by atoms with E-state index in [1.165, 1.54) is 11.1 Å². The second kappa shape index (κ2) is 10.7. The lowest BCUT2D eigenvalue weighted by Gasteiger charge is -2.25. The first-order valence-corrected chi connectivity index (χ1v) is 9.37. The van der Waals surface area contributed by atoms with Gasteiger partial charge in [-0.1, -0.05) is 36.8 Å². The first-order chi connectivity index (χ1) is 12.7. The van der Waals surface area contributed by atoms with Crippen LogP contribution in [0.15, 0.2) is 48.5 Å². The van der Waals surface area contributed by atoms with Crippen LogP contribution >= 0.6 is 0 Å². The Balaban J connectivity index is 2.12. The highest BCUT2D eigenvalue weighted by Gasteiger charge is 2.15. The number of nitrogens with zero attached hydrogens (tertiary/aromatic N) is 1. The number of carbonyl (C=O) groups is 1. The summed E-state index contributed by atoms with van der Waals surface area (Å²) in [5.41, 5.74) is 8.80. The summed E-state index contributed by atoms with van der Waals surface area (Å²) in [5.74, 6) is 0.780. The van der Waals surface area contributed by atoms with Gasteiger partial charge in [-0.15, -0.1) is 0 Å². The highest BCUT2D eigenvalue weighted by atomic mass is 16.5.